The van der Waals surface area contributed by atoms with E-state index in [9.17, 15) is 13.2 Å². The molecule has 1 aromatic carbocycles. The Labute approximate surface area is 125 Å². The van der Waals surface area contributed by atoms with Gasteiger partial charge in [-0.25, -0.2) is 0 Å². The molecule has 0 bridgehead atoms. The second-order valence-electron chi connectivity index (χ2n) is 4.86. The van der Waals surface area contributed by atoms with Gasteiger partial charge in [-0.2, -0.15) is 24.9 Å². The Hall–Kier alpha value is -0.950. The number of thiocarbonyl (C=S) groups is 1. The van der Waals surface area contributed by atoms with Crippen molar-refractivity contribution in [2.24, 2.45) is 5.73 Å². The first kappa shape index (κ1) is 15.4. The quantitative estimate of drug-likeness (QED) is 0.812. The van der Waals surface area contributed by atoms with Gasteiger partial charge in [-0.15, -0.1) is 0 Å². The maximum Gasteiger partial charge on any atom is 0.417 e. The van der Waals surface area contributed by atoms with Crippen molar-refractivity contribution >= 4 is 34.7 Å². The molecule has 3 N–H and O–H groups in total. The first-order chi connectivity index (χ1) is 9.27. The van der Waals surface area contributed by atoms with E-state index in [2.05, 4.69) is 5.32 Å². The average Bonchev–Trinajstić information content (AvgIpc) is 3.15. The van der Waals surface area contributed by atoms with Crippen molar-refractivity contribution in [1.29, 1.82) is 0 Å². The summed E-state index contributed by atoms with van der Waals surface area (Å²) in [4.78, 5) is -0.244. The van der Waals surface area contributed by atoms with Crippen molar-refractivity contribution in [3.8, 4) is 0 Å². The fourth-order valence-corrected chi connectivity index (χ4v) is 2.86. The average molecular weight is 320 g/mol. The zero-order valence-corrected chi connectivity index (χ0v) is 12.5. The van der Waals surface area contributed by atoms with E-state index in [0.717, 1.165) is 25.5 Å². The third-order valence-corrected chi connectivity index (χ3v) is 5.08. The normalized spacial score (nSPS) is 16.8. The van der Waals surface area contributed by atoms with E-state index in [1.807, 2.05) is 6.26 Å². The third-order valence-electron chi connectivity index (χ3n) is 3.45. The number of benzene rings is 1. The number of hydrogen-bond donors (Lipinski definition) is 2. The molecule has 0 saturated heterocycles. The van der Waals surface area contributed by atoms with Crippen LogP contribution in [0.5, 0.6) is 0 Å². The number of nitrogens with one attached hydrogen (secondary N) is 1. The lowest BCUT2D eigenvalue weighted by molar-refractivity contribution is -0.137. The summed E-state index contributed by atoms with van der Waals surface area (Å²) in [5, 5.41) is 3.17. The van der Waals surface area contributed by atoms with Gasteiger partial charge >= 0.3 is 6.18 Å². The molecule has 1 fully saturated rings. The molecular weight excluding hydrogens is 305 g/mol. The summed E-state index contributed by atoms with van der Waals surface area (Å²) in [6.45, 7) is 0.732. The van der Waals surface area contributed by atoms with Crippen LogP contribution in [-0.2, 0) is 6.18 Å². The summed E-state index contributed by atoms with van der Waals surface area (Å²) < 4.78 is 38.8. The molecule has 7 heteroatoms. The van der Waals surface area contributed by atoms with Crippen molar-refractivity contribution in [1.82, 2.24) is 0 Å². The minimum Gasteiger partial charge on any atom is -0.389 e. The van der Waals surface area contributed by atoms with Crippen molar-refractivity contribution in [2.75, 3.05) is 18.1 Å². The molecular formula is C13H15F3N2S2. The minimum atomic E-state index is -4.45. The van der Waals surface area contributed by atoms with Crippen LogP contribution in [0.2, 0.25) is 0 Å². The van der Waals surface area contributed by atoms with Gasteiger partial charge in [-0.05, 0) is 37.3 Å². The van der Waals surface area contributed by atoms with Crippen LogP contribution in [0.1, 0.15) is 24.0 Å². The highest BCUT2D eigenvalue weighted by Crippen LogP contribution is 2.47. The minimum absolute atomic E-state index is 0.133. The van der Waals surface area contributed by atoms with Crippen molar-refractivity contribution < 1.29 is 13.2 Å². The first-order valence-corrected chi connectivity index (χ1v) is 7.71. The van der Waals surface area contributed by atoms with E-state index in [0.29, 0.717) is 5.69 Å². The highest BCUT2D eigenvalue weighted by Gasteiger charge is 2.41. The van der Waals surface area contributed by atoms with Gasteiger partial charge in [0.1, 0.15) is 4.99 Å². The number of thioether (sulfide) groups is 1. The lowest BCUT2D eigenvalue weighted by Crippen LogP contribution is -2.20. The lowest BCUT2D eigenvalue weighted by atomic mass is 10.1. The number of halogens is 3. The summed E-state index contributed by atoms with van der Waals surface area (Å²) >= 11 is 6.50. The van der Waals surface area contributed by atoms with Crippen LogP contribution < -0.4 is 11.1 Å². The molecule has 0 unspecified atom stereocenters. The Morgan fingerprint density at radius 2 is 2.10 bits per heavy atom. The van der Waals surface area contributed by atoms with Crippen molar-refractivity contribution in [2.45, 2.75) is 23.8 Å². The van der Waals surface area contributed by atoms with Crippen molar-refractivity contribution in [3.63, 3.8) is 0 Å². The number of rotatable bonds is 5. The van der Waals surface area contributed by atoms with Gasteiger partial charge in [0.15, 0.2) is 0 Å². The maximum atomic E-state index is 12.8. The standard InChI is InChI=1S/C13H15F3N2S2/c1-20-12(4-5-12)7-18-8-2-3-10(13(14,15)16)9(6-8)11(17)19/h2-3,6,18H,4-5,7H2,1H3,(H2,17,19). The number of alkyl halides is 3. The van der Waals surface area contributed by atoms with E-state index < -0.39 is 11.7 Å². The van der Waals surface area contributed by atoms with Gasteiger partial charge in [0.25, 0.3) is 0 Å². The fraction of sp³-hybridized carbons (Fsp3) is 0.462. The predicted molar refractivity (Wildman–Crippen MR) is 81.3 cm³/mol. The van der Waals surface area contributed by atoms with Crippen LogP contribution in [0, 0.1) is 0 Å². The zero-order valence-electron chi connectivity index (χ0n) is 10.9. The molecule has 110 valence electrons. The highest BCUT2D eigenvalue weighted by molar-refractivity contribution is 8.00. The molecule has 1 aliphatic rings. The van der Waals surface area contributed by atoms with Gasteiger partial charge in [0, 0.05) is 22.5 Å². The molecule has 20 heavy (non-hydrogen) atoms. The molecule has 1 aromatic rings. The van der Waals surface area contributed by atoms with E-state index in [-0.39, 0.29) is 15.3 Å². The molecule has 0 spiro atoms. The number of hydrogen-bond acceptors (Lipinski definition) is 3. The van der Waals surface area contributed by atoms with Crippen LogP contribution in [0.4, 0.5) is 18.9 Å². The Balaban J connectivity index is 2.20. The van der Waals surface area contributed by atoms with E-state index in [4.69, 9.17) is 18.0 Å². The molecule has 0 radical (unpaired) electrons. The maximum absolute atomic E-state index is 12.8. The van der Waals surface area contributed by atoms with Gasteiger partial charge in [-0.3, -0.25) is 0 Å². The van der Waals surface area contributed by atoms with E-state index in [1.54, 1.807) is 11.8 Å². The van der Waals surface area contributed by atoms with Gasteiger partial charge < -0.3 is 11.1 Å². The monoisotopic (exact) mass is 320 g/mol. The third kappa shape index (κ3) is 3.38. The second-order valence-corrected chi connectivity index (χ2v) is 6.58. The smallest absolute Gasteiger partial charge is 0.389 e. The molecule has 0 atom stereocenters. The summed E-state index contributed by atoms with van der Waals surface area (Å²) in [6, 6.07) is 3.82. The van der Waals surface area contributed by atoms with Crippen molar-refractivity contribution in [3.05, 3.63) is 29.3 Å². The molecule has 0 aromatic heterocycles. The Kier molecular flexibility index (Phi) is 4.20. The Morgan fingerprint density at radius 1 is 1.45 bits per heavy atom. The molecule has 1 aliphatic carbocycles. The Bertz CT molecular complexity index is 525. The molecule has 2 rings (SSSR count). The topological polar surface area (TPSA) is 38.0 Å². The summed E-state index contributed by atoms with van der Waals surface area (Å²) in [5.41, 5.74) is 5.09. The summed E-state index contributed by atoms with van der Waals surface area (Å²) in [5.74, 6) is 0. The van der Waals surface area contributed by atoms with E-state index >= 15 is 0 Å². The van der Waals surface area contributed by atoms with Crippen LogP contribution in [0.15, 0.2) is 18.2 Å². The predicted octanol–water partition coefficient (Wildman–Crippen LogP) is 3.65. The largest absolute Gasteiger partial charge is 0.417 e. The van der Waals surface area contributed by atoms with Crippen LogP contribution >= 0.6 is 24.0 Å². The van der Waals surface area contributed by atoms with Gasteiger partial charge in [-0.1, -0.05) is 12.2 Å². The number of anilines is 1. The molecule has 0 amide bonds. The van der Waals surface area contributed by atoms with Crippen LogP contribution in [0.3, 0.4) is 0 Å². The molecule has 0 heterocycles. The fourth-order valence-electron chi connectivity index (χ4n) is 1.96. The lowest BCUT2D eigenvalue weighted by Gasteiger charge is -2.17. The van der Waals surface area contributed by atoms with E-state index in [1.165, 1.54) is 12.1 Å². The molecule has 0 aliphatic heterocycles. The van der Waals surface area contributed by atoms with Gasteiger partial charge in [0.2, 0.25) is 0 Å². The highest BCUT2D eigenvalue weighted by atomic mass is 32.2. The molecule has 2 nitrogen and oxygen atoms in total. The van der Waals surface area contributed by atoms with Crippen LogP contribution in [0.25, 0.3) is 0 Å². The molecule has 1 saturated carbocycles. The Morgan fingerprint density at radius 3 is 2.55 bits per heavy atom. The number of nitrogens with two attached hydrogens (primary N) is 1. The van der Waals surface area contributed by atoms with Gasteiger partial charge in [0.05, 0.1) is 5.56 Å². The first-order valence-electron chi connectivity index (χ1n) is 6.07. The second kappa shape index (κ2) is 5.44. The zero-order chi connectivity index (χ0) is 15.0. The summed E-state index contributed by atoms with van der Waals surface area (Å²) in [6.07, 6.45) is -0.149. The summed E-state index contributed by atoms with van der Waals surface area (Å²) in [7, 11) is 0. The van der Waals surface area contributed by atoms with Crippen LogP contribution in [-0.4, -0.2) is 22.5 Å². The SMILES string of the molecule is CSC1(CNc2ccc(C(F)(F)F)c(C(N)=S)c2)CC1.